The Balaban J connectivity index is 0.000000709. The maximum absolute atomic E-state index is 15.2. The maximum Gasteiger partial charge on any atom is 0.483 e. The molecule has 0 radical (unpaired) electrons. The highest BCUT2D eigenvalue weighted by atomic mass is 32.2. The first kappa shape index (κ1) is 24.6. The van der Waals surface area contributed by atoms with E-state index in [-0.39, 0.29) is 40.9 Å². The number of ketones is 1. The van der Waals surface area contributed by atoms with E-state index in [9.17, 15) is 26.8 Å². The van der Waals surface area contributed by atoms with Crippen molar-refractivity contribution in [3.05, 3.63) is 59.4 Å². The summed E-state index contributed by atoms with van der Waals surface area (Å²) in [6.07, 6.45) is -2.80. The number of anilines is 2. The van der Waals surface area contributed by atoms with Crippen molar-refractivity contribution in [1.82, 2.24) is 0 Å². The molecule has 0 spiro atoms. The van der Waals surface area contributed by atoms with Crippen LogP contribution in [0.4, 0.5) is 29.3 Å². The Morgan fingerprint density at radius 3 is 2.09 bits per heavy atom. The lowest BCUT2D eigenvalue weighted by Gasteiger charge is -2.37. The van der Waals surface area contributed by atoms with Gasteiger partial charge < -0.3 is 0 Å². The van der Waals surface area contributed by atoms with E-state index in [0.717, 1.165) is 6.07 Å². The molecule has 2 aliphatic rings. The largest absolute Gasteiger partial charge is 0.483 e. The quantitative estimate of drug-likeness (QED) is 0.461. The van der Waals surface area contributed by atoms with E-state index < -0.39 is 32.8 Å². The van der Waals surface area contributed by atoms with Gasteiger partial charge in [-0.15, -0.1) is 8.78 Å². The molecule has 2 heterocycles. The number of hydrogen-bond acceptors (Lipinski definition) is 5. The molecule has 0 unspecified atom stereocenters. The summed E-state index contributed by atoms with van der Waals surface area (Å²) in [5.41, 5.74) is -0.253. The monoisotopic (exact) mass is 481 g/mol. The lowest BCUT2D eigenvalue weighted by Crippen LogP contribution is -2.47. The second-order valence-corrected chi connectivity index (χ2v) is 11.2. The molecule has 2 aromatic rings. The van der Waals surface area contributed by atoms with Gasteiger partial charge in [-0.25, -0.2) is 17.6 Å². The minimum atomic E-state index is -3.08. The number of halogens is 3. The normalized spacial score (nSPS) is 19.1. The summed E-state index contributed by atoms with van der Waals surface area (Å²) < 4.78 is 57.6. The van der Waals surface area contributed by atoms with E-state index in [1.807, 2.05) is 6.07 Å². The highest BCUT2D eigenvalue weighted by Crippen LogP contribution is 2.47. The summed E-state index contributed by atoms with van der Waals surface area (Å²) in [5, 5.41) is 0. The summed E-state index contributed by atoms with van der Waals surface area (Å²) in [5.74, 6) is -1.29. The van der Waals surface area contributed by atoms with Gasteiger partial charge in [-0.1, -0.05) is 25.1 Å². The third-order valence-electron chi connectivity index (χ3n) is 5.76. The van der Waals surface area contributed by atoms with Crippen LogP contribution in [0.15, 0.2) is 42.5 Å². The maximum atomic E-state index is 15.2. The second-order valence-electron chi connectivity index (χ2n) is 9.12. The van der Waals surface area contributed by atoms with Crippen molar-refractivity contribution in [3.63, 3.8) is 0 Å². The predicted molar refractivity (Wildman–Crippen MR) is 116 cm³/mol. The zero-order valence-corrected chi connectivity index (χ0v) is 19.0. The van der Waals surface area contributed by atoms with E-state index in [1.165, 1.54) is 4.90 Å². The van der Waals surface area contributed by atoms with Gasteiger partial charge in [0, 0.05) is 23.1 Å². The summed E-state index contributed by atoms with van der Waals surface area (Å²) in [6, 6.07) is 11.6. The van der Waals surface area contributed by atoms with Crippen molar-refractivity contribution >= 4 is 39.2 Å². The Bertz CT molecular complexity index is 1230. The van der Waals surface area contributed by atoms with Gasteiger partial charge in [0.05, 0.1) is 22.6 Å². The molecule has 2 aliphatic heterocycles. The van der Waals surface area contributed by atoms with Gasteiger partial charge in [0.15, 0.2) is 15.6 Å². The number of amides is 1. The smallest absolute Gasteiger partial charge is 0.294 e. The molecule has 0 aromatic heterocycles. The Hall–Kier alpha value is -3.01. The van der Waals surface area contributed by atoms with Gasteiger partial charge in [0.1, 0.15) is 5.82 Å². The third kappa shape index (κ3) is 4.85. The number of rotatable bonds is 4. The van der Waals surface area contributed by atoms with Crippen LogP contribution in [0.3, 0.4) is 0 Å². The van der Waals surface area contributed by atoms with E-state index in [0.29, 0.717) is 11.3 Å². The summed E-state index contributed by atoms with van der Waals surface area (Å²) >= 11 is 0. The number of hydrogen-bond donors (Lipinski definition) is 0. The number of benzene rings is 2. The molecule has 10 heteroatoms. The van der Waals surface area contributed by atoms with Crippen LogP contribution < -0.4 is 4.90 Å². The SMILES string of the molecule is CC1(CC(=O)c2cc(F)c3c(c2)C(C)(C)C(=O)N3c2ccccc2)CS(=O)(=O)C1.O=C(F)F. The first-order valence-corrected chi connectivity index (χ1v) is 11.8. The molecule has 0 atom stereocenters. The van der Waals surface area contributed by atoms with Crippen LogP contribution in [0.2, 0.25) is 0 Å². The number of Topliss-reactive ketones (excluding diaryl/α,β-unsaturated/α-hetero) is 1. The van der Waals surface area contributed by atoms with E-state index in [1.54, 1.807) is 51.1 Å². The molecule has 6 nitrogen and oxygen atoms in total. The molecule has 176 valence electrons. The number of sulfone groups is 1. The van der Waals surface area contributed by atoms with Crippen molar-refractivity contribution in [2.45, 2.75) is 32.6 Å². The Morgan fingerprint density at radius 1 is 1.03 bits per heavy atom. The highest BCUT2D eigenvalue weighted by Gasteiger charge is 2.48. The number of para-hydroxylation sites is 1. The molecule has 0 aliphatic carbocycles. The first-order valence-electron chi connectivity index (χ1n) is 9.99. The number of nitrogens with zero attached hydrogens (tertiary/aromatic N) is 1. The summed E-state index contributed by atoms with van der Waals surface area (Å²) in [6.45, 7) is 5.18. The zero-order valence-electron chi connectivity index (χ0n) is 18.2. The summed E-state index contributed by atoms with van der Waals surface area (Å²) in [4.78, 5) is 35.4. The average molecular weight is 481 g/mol. The fourth-order valence-corrected chi connectivity index (χ4v) is 6.64. The average Bonchev–Trinajstić information content (AvgIpc) is 2.87. The predicted octanol–water partition coefficient (Wildman–Crippen LogP) is 4.83. The van der Waals surface area contributed by atoms with Crippen LogP contribution in [0.5, 0.6) is 0 Å². The zero-order chi connectivity index (χ0) is 24.8. The van der Waals surface area contributed by atoms with Crippen LogP contribution in [-0.4, -0.2) is 37.9 Å². The second kappa shape index (κ2) is 8.40. The van der Waals surface area contributed by atoms with Crippen LogP contribution >= 0.6 is 0 Å². The minimum absolute atomic E-state index is 0.0290. The standard InChI is InChI=1S/C22H22FNO4S.CF2O/c1-21(2)16-9-14(18(25)11-22(3)12-29(27,28)13-22)10-17(23)19(16)24(20(21)26)15-7-5-4-6-8-15;2-1(3)4/h4-10H,11-13H2,1-3H3;. The molecule has 2 aromatic carbocycles. The summed E-state index contributed by atoms with van der Waals surface area (Å²) in [7, 11) is -3.08. The minimum Gasteiger partial charge on any atom is -0.294 e. The lowest BCUT2D eigenvalue weighted by molar-refractivity contribution is -0.121. The van der Waals surface area contributed by atoms with Crippen LogP contribution in [-0.2, 0) is 20.0 Å². The highest BCUT2D eigenvalue weighted by molar-refractivity contribution is 7.92. The van der Waals surface area contributed by atoms with E-state index in [2.05, 4.69) is 0 Å². The van der Waals surface area contributed by atoms with Crippen molar-refractivity contribution < 1.29 is 36.0 Å². The van der Waals surface area contributed by atoms with Gasteiger partial charge >= 0.3 is 6.29 Å². The topological polar surface area (TPSA) is 88.6 Å². The van der Waals surface area contributed by atoms with Crippen molar-refractivity contribution in [1.29, 1.82) is 0 Å². The number of fused-ring (bicyclic) bond motifs is 1. The fourth-order valence-electron chi connectivity index (χ4n) is 4.39. The van der Waals surface area contributed by atoms with Gasteiger partial charge in [-0.05, 0) is 43.7 Å². The molecular weight excluding hydrogens is 459 g/mol. The molecule has 1 saturated heterocycles. The van der Waals surface area contributed by atoms with Crippen LogP contribution in [0, 0.1) is 11.2 Å². The van der Waals surface area contributed by atoms with Crippen LogP contribution in [0.25, 0.3) is 0 Å². The lowest BCUT2D eigenvalue weighted by atomic mass is 9.82. The Kier molecular flexibility index (Phi) is 6.27. The number of carbonyl (C=O) groups is 3. The van der Waals surface area contributed by atoms with Gasteiger partial charge in [0.2, 0.25) is 5.91 Å². The Morgan fingerprint density at radius 2 is 1.58 bits per heavy atom. The first-order chi connectivity index (χ1) is 15.2. The van der Waals surface area contributed by atoms with Gasteiger partial charge in [-0.3, -0.25) is 14.5 Å². The molecule has 1 amide bonds. The molecular formula is C23H22F3NO5S. The van der Waals surface area contributed by atoms with E-state index >= 15 is 4.39 Å². The van der Waals surface area contributed by atoms with Crippen molar-refractivity contribution in [3.8, 4) is 0 Å². The molecule has 0 N–H and O–H groups in total. The molecule has 33 heavy (non-hydrogen) atoms. The fraction of sp³-hybridized carbons (Fsp3) is 0.348. The van der Waals surface area contributed by atoms with Crippen molar-refractivity contribution in [2.75, 3.05) is 16.4 Å². The third-order valence-corrected chi connectivity index (χ3v) is 8.03. The molecule has 1 fully saturated rings. The molecule has 0 saturated carbocycles. The van der Waals surface area contributed by atoms with Crippen LogP contribution in [0.1, 0.15) is 43.1 Å². The van der Waals surface area contributed by atoms with E-state index in [4.69, 9.17) is 4.79 Å². The molecule has 0 bridgehead atoms. The van der Waals surface area contributed by atoms with Gasteiger partial charge in [0.25, 0.3) is 0 Å². The Labute approximate surface area is 189 Å². The van der Waals surface area contributed by atoms with Gasteiger partial charge in [-0.2, -0.15) is 0 Å². The van der Waals surface area contributed by atoms with Crippen molar-refractivity contribution in [2.24, 2.45) is 5.41 Å². The number of carbonyl (C=O) groups excluding carboxylic acids is 3. The molecule has 4 rings (SSSR count).